The van der Waals surface area contributed by atoms with Crippen LogP contribution in [0.25, 0.3) is 0 Å². The maximum atomic E-state index is 11.8. The third-order valence-corrected chi connectivity index (χ3v) is 6.46. The Kier molecular flexibility index (Phi) is 3.80. The number of sulfone groups is 1. The molecule has 0 radical (unpaired) electrons. The summed E-state index contributed by atoms with van der Waals surface area (Å²) >= 11 is 0. The van der Waals surface area contributed by atoms with Crippen molar-refractivity contribution >= 4 is 9.84 Å². The number of hydrogen-bond donors (Lipinski definition) is 1. The fourth-order valence-electron chi connectivity index (χ4n) is 3.15. The number of piperidine rings is 1. The fraction of sp³-hybridized carbons (Fsp3) is 1.00. The van der Waals surface area contributed by atoms with Crippen LogP contribution in [0.1, 0.15) is 39.5 Å². The number of rotatable bonds is 4. The highest BCUT2D eigenvalue weighted by Gasteiger charge is 2.39. The van der Waals surface area contributed by atoms with Crippen LogP contribution in [0.2, 0.25) is 0 Å². The maximum absolute atomic E-state index is 11.8. The summed E-state index contributed by atoms with van der Waals surface area (Å²) in [5.41, 5.74) is 6.00. The molecular formula is C12H24N2O2S. The molecule has 0 aromatic heterocycles. The Balaban J connectivity index is 1.93. The van der Waals surface area contributed by atoms with Crippen LogP contribution < -0.4 is 5.73 Å². The van der Waals surface area contributed by atoms with E-state index in [4.69, 9.17) is 5.73 Å². The van der Waals surface area contributed by atoms with Crippen LogP contribution in [0.3, 0.4) is 0 Å². The second kappa shape index (κ2) is 4.86. The van der Waals surface area contributed by atoms with Gasteiger partial charge < -0.3 is 5.73 Å². The molecule has 2 atom stereocenters. The van der Waals surface area contributed by atoms with Gasteiger partial charge in [0.15, 0.2) is 9.84 Å². The Morgan fingerprint density at radius 3 is 2.24 bits per heavy atom. The van der Waals surface area contributed by atoms with Crippen LogP contribution in [0.15, 0.2) is 0 Å². The smallest absolute Gasteiger partial charge is 0.153 e. The van der Waals surface area contributed by atoms with Crippen molar-refractivity contribution in [2.45, 2.75) is 62.9 Å². The summed E-state index contributed by atoms with van der Waals surface area (Å²) in [5.74, 6) is 0.299. The van der Waals surface area contributed by atoms with E-state index in [9.17, 15) is 8.42 Å². The summed E-state index contributed by atoms with van der Waals surface area (Å²) in [7, 11) is -2.90. The molecule has 2 bridgehead atoms. The molecule has 100 valence electrons. The normalized spacial score (nSPS) is 34.5. The summed E-state index contributed by atoms with van der Waals surface area (Å²) in [5, 5.41) is -0.257. The standard InChI is InChI=1S/C12H24N2O2S/c1-9(2)17(15,16)6-5-14-11-3-4-12(14)8-10(13)7-11/h9-12H,3-8,13H2,1-2H3. The Labute approximate surface area is 104 Å². The molecule has 0 aromatic rings. The Morgan fingerprint density at radius 1 is 1.24 bits per heavy atom. The van der Waals surface area contributed by atoms with Crippen LogP contribution in [-0.4, -0.2) is 49.0 Å². The molecule has 2 N–H and O–H groups in total. The third-order valence-electron chi connectivity index (χ3n) is 4.27. The zero-order chi connectivity index (χ0) is 12.6. The predicted molar refractivity (Wildman–Crippen MR) is 69.6 cm³/mol. The topological polar surface area (TPSA) is 63.4 Å². The van der Waals surface area contributed by atoms with E-state index in [1.165, 1.54) is 12.8 Å². The van der Waals surface area contributed by atoms with Crippen molar-refractivity contribution in [1.82, 2.24) is 4.90 Å². The lowest BCUT2D eigenvalue weighted by Gasteiger charge is -2.37. The van der Waals surface area contributed by atoms with E-state index >= 15 is 0 Å². The van der Waals surface area contributed by atoms with Gasteiger partial charge >= 0.3 is 0 Å². The van der Waals surface area contributed by atoms with Gasteiger partial charge in [-0.05, 0) is 39.5 Å². The highest BCUT2D eigenvalue weighted by atomic mass is 32.2. The van der Waals surface area contributed by atoms with Gasteiger partial charge in [0.1, 0.15) is 0 Å². The summed E-state index contributed by atoms with van der Waals surface area (Å²) in [6.45, 7) is 4.22. The van der Waals surface area contributed by atoms with Crippen molar-refractivity contribution < 1.29 is 8.42 Å². The second-order valence-corrected chi connectivity index (χ2v) is 8.45. The molecule has 2 aliphatic rings. The highest BCUT2D eigenvalue weighted by Crippen LogP contribution is 2.34. The minimum absolute atomic E-state index is 0.257. The van der Waals surface area contributed by atoms with Gasteiger partial charge in [0.25, 0.3) is 0 Å². The SMILES string of the molecule is CC(C)S(=O)(=O)CCN1C2CCC1CC(N)C2. The molecule has 0 aromatic carbocycles. The molecule has 2 saturated heterocycles. The summed E-state index contributed by atoms with van der Waals surface area (Å²) in [6.07, 6.45) is 4.47. The van der Waals surface area contributed by atoms with Crippen molar-refractivity contribution in [3.05, 3.63) is 0 Å². The van der Waals surface area contributed by atoms with E-state index in [-0.39, 0.29) is 5.25 Å². The first-order chi connectivity index (χ1) is 7.90. The van der Waals surface area contributed by atoms with Crippen LogP contribution in [0, 0.1) is 0 Å². The van der Waals surface area contributed by atoms with E-state index in [0.717, 1.165) is 12.8 Å². The zero-order valence-electron chi connectivity index (χ0n) is 10.8. The molecule has 2 unspecified atom stereocenters. The predicted octanol–water partition coefficient (Wildman–Crippen LogP) is 0.764. The van der Waals surface area contributed by atoms with Crippen molar-refractivity contribution in [3.8, 4) is 0 Å². The molecule has 0 aliphatic carbocycles. The van der Waals surface area contributed by atoms with Gasteiger partial charge in [-0.1, -0.05) is 0 Å². The average Bonchev–Trinajstić information content (AvgIpc) is 2.47. The summed E-state index contributed by atoms with van der Waals surface area (Å²) in [4.78, 5) is 2.39. The first kappa shape index (κ1) is 13.3. The van der Waals surface area contributed by atoms with Gasteiger partial charge in [-0.3, -0.25) is 4.90 Å². The highest BCUT2D eigenvalue weighted by molar-refractivity contribution is 7.92. The minimum Gasteiger partial charge on any atom is -0.328 e. The van der Waals surface area contributed by atoms with E-state index in [1.54, 1.807) is 13.8 Å². The van der Waals surface area contributed by atoms with Gasteiger partial charge in [0.05, 0.1) is 11.0 Å². The lowest BCUT2D eigenvalue weighted by molar-refractivity contribution is 0.136. The Morgan fingerprint density at radius 2 is 1.76 bits per heavy atom. The summed E-state index contributed by atoms with van der Waals surface area (Å²) < 4.78 is 23.6. The van der Waals surface area contributed by atoms with Crippen molar-refractivity contribution in [3.63, 3.8) is 0 Å². The van der Waals surface area contributed by atoms with Crippen molar-refractivity contribution in [2.75, 3.05) is 12.3 Å². The van der Waals surface area contributed by atoms with Gasteiger partial charge in [-0.15, -0.1) is 0 Å². The quantitative estimate of drug-likeness (QED) is 0.811. The molecule has 4 nitrogen and oxygen atoms in total. The Hall–Kier alpha value is -0.130. The minimum atomic E-state index is -2.90. The van der Waals surface area contributed by atoms with E-state index in [2.05, 4.69) is 4.90 Å². The first-order valence-electron chi connectivity index (χ1n) is 6.63. The largest absolute Gasteiger partial charge is 0.328 e. The fourth-order valence-corrected chi connectivity index (χ4v) is 4.09. The monoisotopic (exact) mass is 260 g/mol. The molecule has 2 heterocycles. The van der Waals surface area contributed by atoms with Crippen LogP contribution >= 0.6 is 0 Å². The van der Waals surface area contributed by atoms with Gasteiger partial charge in [0.2, 0.25) is 0 Å². The van der Waals surface area contributed by atoms with Gasteiger partial charge in [-0.25, -0.2) is 8.42 Å². The first-order valence-corrected chi connectivity index (χ1v) is 8.34. The molecule has 0 saturated carbocycles. The number of nitrogens with zero attached hydrogens (tertiary/aromatic N) is 1. The van der Waals surface area contributed by atoms with Gasteiger partial charge in [0, 0.05) is 24.7 Å². The third kappa shape index (κ3) is 2.83. The number of nitrogens with two attached hydrogens (primary N) is 1. The molecule has 0 amide bonds. The number of hydrogen-bond acceptors (Lipinski definition) is 4. The van der Waals surface area contributed by atoms with E-state index in [0.29, 0.717) is 30.4 Å². The molecule has 2 rings (SSSR count). The van der Waals surface area contributed by atoms with Crippen molar-refractivity contribution in [2.24, 2.45) is 5.73 Å². The second-order valence-electron chi connectivity index (χ2n) is 5.77. The molecule has 0 spiro atoms. The summed E-state index contributed by atoms with van der Waals surface area (Å²) in [6, 6.07) is 1.39. The van der Waals surface area contributed by atoms with E-state index in [1.807, 2.05) is 0 Å². The van der Waals surface area contributed by atoms with Crippen LogP contribution in [0.4, 0.5) is 0 Å². The van der Waals surface area contributed by atoms with Crippen LogP contribution in [0.5, 0.6) is 0 Å². The molecule has 5 heteroatoms. The average molecular weight is 260 g/mol. The lowest BCUT2D eigenvalue weighted by atomic mass is 9.98. The molecule has 17 heavy (non-hydrogen) atoms. The molecular weight excluding hydrogens is 236 g/mol. The Bertz CT molecular complexity index is 353. The van der Waals surface area contributed by atoms with Crippen molar-refractivity contribution in [1.29, 1.82) is 0 Å². The maximum Gasteiger partial charge on any atom is 0.153 e. The molecule has 2 aliphatic heterocycles. The zero-order valence-corrected chi connectivity index (χ0v) is 11.6. The van der Waals surface area contributed by atoms with E-state index < -0.39 is 9.84 Å². The molecule has 2 fully saturated rings. The lowest BCUT2D eigenvalue weighted by Crippen LogP contribution is -2.49. The van der Waals surface area contributed by atoms with Crippen LogP contribution in [-0.2, 0) is 9.84 Å². The number of fused-ring (bicyclic) bond motifs is 2. The van der Waals surface area contributed by atoms with Gasteiger partial charge in [-0.2, -0.15) is 0 Å².